The smallest absolute Gasteiger partial charge is 0.129 e. The first-order valence-electron chi connectivity index (χ1n) is 5.16. The van der Waals surface area contributed by atoms with E-state index in [0.717, 1.165) is 27.5 Å². The molecule has 0 amide bonds. The Morgan fingerprint density at radius 2 is 2.24 bits per heavy atom. The number of aliphatic imine (C=N–C) groups is 1. The summed E-state index contributed by atoms with van der Waals surface area (Å²) in [6.45, 7) is 1.97. The Kier molecular flexibility index (Phi) is 3.56. The van der Waals surface area contributed by atoms with Gasteiger partial charge in [0.15, 0.2) is 0 Å². The van der Waals surface area contributed by atoms with Crippen LogP contribution >= 0.6 is 11.8 Å². The van der Waals surface area contributed by atoms with Crippen molar-refractivity contribution in [2.45, 2.75) is 18.2 Å². The largest absolute Gasteiger partial charge is 0.747 e. The quantitative estimate of drug-likeness (QED) is 0.768. The van der Waals surface area contributed by atoms with Crippen LogP contribution in [0.1, 0.15) is 17.5 Å². The molecule has 1 aliphatic heterocycles. The second kappa shape index (κ2) is 4.80. The van der Waals surface area contributed by atoms with Gasteiger partial charge in [-0.1, -0.05) is 11.6 Å². The highest BCUT2D eigenvalue weighted by Gasteiger charge is 2.15. The van der Waals surface area contributed by atoms with Crippen molar-refractivity contribution in [3.63, 3.8) is 0 Å². The van der Waals surface area contributed by atoms with Gasteiger partial charge in [0.05, 0.1) is 0 Å². The van der Waals surface area contributed by atoms with E-state index >= 15 is 0 Å². The fourth-order valence-corrected chi connectivity index (χ4v) is 3.03. The predicted molar refractivity (Wildman–Crippen MR) is 67.6 cm³/mol. The molecular weight excluding hydrogens is 258 g/mol. The van der Waals surface area contributed by atoms with Crippen LogP contribution in [0.4, 0.5) is 0 Å². The first-order chi connectivity index (χ1) is 7.96. The summed E-state index contributed by atoms with van der Waals surface area (Å²) in [5, 5.41) is 0. The minimum Gasteiger partial charge on any atom is -0.747 e. The Morgan fingerprint density at radius 3 is 2.94 bits per heavy atom. The fraction of sp³-hybridized carbons (Fsp3) is 0.364. The van der Waals surface area contributed by atoms with E-state index in [9.17, 15) is 13.0 Å². The van der Waals surface area contributed by atoms with Crippen LogP contribution in [0, 0.1) is 6.92 Å². The van der Waals surface area contributed by atoms with E-state index in [2.05, 4.69) is 4.99 Å². The second-order valence-electron chi connectivity index (χ2n) is 3.89. The van der Waals surface area contributed by atoms with Crippen molar-refractivity contribution in [1.82, 2.24) is 0 Å². The number of rotatable bonds is 2. The van der Waals surface area contributed by atoms with Crippen molar-refractivity contribution >= 4 is 27.6 Å². The lowest BCUT2D eigenvalue weighted by Crippen LogP contribution is -2.13. The topological polar surface area (TPSA) is 69.6 Å². The van der Waals surface area contributed by atoms with E-state index < -0.39 is 16.0 Å². The summed E-state index contributed by atoms with van der Waals surface area (Å²) < 4.78 is 31.8. The Bertz CT molecular complexity index is 564. The minimum absolute atomic E-state index is 0.666. The van der Waals surface area contributed by atoms with Crippen LogP contribution in [-0.2, 0) is 10.1 Å². The molecule has 0 aliphatic carbocycles. The number of hydrogen-bond donors (Lipinski definition) is 0. The molecule has 0 radical (unpaired) electrons. The number of fused-ring (bicyclic) bond motifs is 1. The zero-order valence-electron chi connectivity index (χ0n) is 9.34. The number of aryl methyl sites for hydroxylation is 1. The molecule has 92 valence electrons. The Hall–Kier alpha value is -0.850. The zero-order valence-corrected chi connectivity index (χ0v) is 11.0. The van der Waals surface area contributed by atoms with Gasteiger partial charge in [0, 0.05) is 21.9 Å². The lowest BCUT2D eigenvalue weighted by Gasteiger charge is -2.18. The van der Waals surface area contributed by atoms with E-state index in [1.165, 1.54) is 0 Å². The molecule has 0 aromatic heterocycles. The molecule has 0 atom stereocenters. The lowest BCUT2D eigenvalue weighted by atomic mass is 10.0. The summed E-state index contributed by atoms with van der Waals surface area (Å²) in [6.07, 6.45) is 0.705. The van der Waals surface area contributed by atoms with Gasteiger partial charge in [0.1, 0.15) is 16.0 Å². The monoisotopic (exact) mass is 270 g/mol. The second-order valence-corrected chi connectivity index (χ2v) is 6.40. The average molecular weight is 270 g/mol. The van der Waals surface area contributed by atoms with E-state index in [-0.39, 0.29) is 0 Å². The Morgan fingerprint density at radius 1 is 1.47 bits per heavy atom. The maximum atomic E-state index is 10.6. The SMILES string of the molecule is Cc1ccc2c(c1)C(=NCS(=O)(=O)[O-])CCS2. The van der Waals surface area contributed by atoms with E-state index in [1.807, 2.05) is 25.1 Å². The summed E-state index contributed by atoms with van der Waals surface area (Å²) in [5.74, 6) is 0.203. The van der Waals surface area contributed by atoms with E-state index in [4.69, 9.17) is 0 Å². The van der Waals surface area contributed by atoms with Gasteiger partial charge in [0.2, 0.25) is 0 Å². The highest BCUT2D eigenvalue weighted by molar-refractivity contribution is 7.99. The molecule has 0 bridgehead atoms. The number of nitrogens with zero attached hydrogens (tertiary/aromatic N) is 1. The molecule has 0 saturated heterocycles. The van der Waals surface area contributed by atoms with Crippen LogP contribution in [0.5, 0.6) is 0 Å². The lowest BCUT2D eigenvalue weighted by molar-refractivity contribution is 0.463. The first-order valence-corrected chi connectivity index (χ1v) is 7.73. The molecule has 6 heteroatoms. The highest BCUT2D eigenvalue weighted by Crippen LogP contribution is 2.30. The van der Waals surface area contributed by atoms with Crippen LogP contribution in [-0.4, -0.2) is 30.3 Å². The van der Waals surface area contributed by atoms with Gasteiger partial charge >= 0.3 is 0 Å². The van der Waals surface area contributed by atoms with Crippen LogP contribution in [0.3, 0.4) is 0 Å². The van der Waals surface area contributed by atoms with Crippen molar-refractivity contribution < 1.29 is 13.0 Å². The molecular formula is C11H12NO3S2-. The summed E-state index contributed by atoms with van der Waals surface area (Å²) in [6, 6.07) is 6.01. The minimum atomic E-state index is -4.28. The third kappa shape index (κ3) is 3.31. The molecule has 1 heterocycles. The fourth-order valence-electron chi connectivity index (χ4n) is 1.71. The maximum Gasteiger partial charge on any atom is 0.129 e. The predicted octanol–water partition coefficient (Wildman–Crippen LogP) is 1.78. The molecule has 0 unspecified atom stereocenters. The maximum absolute atomic E-state index is 10.6. The third-order valence-electron chi connectivity index (χ3n) is 2.46. The molecule has 1 aromatic rings. The molecule has 17 heavy (non-hydrogen) atoms. The zero-order chi connectivity index (χ0) is 12.5. The molecule has 0 spiro atoms. The molecule has 1 aliphatic rings. The summed E-state index contributed by atoms with van der Waals surface area (Å²) in [4.78, 5) is 5.04. The van der Waals surface area contributed by atoms with Crippen molar-refractivity contribution in [3.05, 3.63) is 29.3 Å². The Labute approximate surface area is 105 Å². The van der Waals surface area contributed by atoms with Crippen molar-refractivity contribution in [3.8, 4) is 0 Å². The standard InChI is InChI=1S/C11H13NO3S2/c1-8-2-3-11-9(6-8)10(4-5-16-11)12-7-17(13,14)15/h2-3,6H,4-5,7H2,1H3,(H,13,14,15)/p-1. The van der Waals surface area contributed by atoms with Crippen molar-refractivity contribution in [1.29, 1.82) is 0 Å². The van der Waals surface area contributed by atoms with Gasteiger partial charge in [-0.25, -0.2) is 8.42 Å². The average Bonchev–Trinajstić information content (AvgIpc) is 2.25. The van der Waals surface area contributed by atoms with Gasteiger partial charge in [-0.3, -0.25) is 4.99 Å². The number of benzene rings is 1. The van der Waals surface area contributed by atoms with Gasteiger partial charge in [-0.2, -0.15) is 0 Å². The summed E-state index contributed by atoms with van der Waals surface area (Å²) >= 11 is 1.73. The summed E-state index contributed by atoms with van der Waals surface area (Å²) in [5.41, 5.74) is 2.79. The number of thioether (sulfide) groups is 1. The molecule has 4 nitrogen and oxygen atoms in total. The third-order valence-corrected chi connectivity index (χ3v) is 3.98. The molecule has 2 rings (SSSR count). The van der Waals surface area contributed by atoms with E-state index in [1.54, 1.807) is 11.8 Å². The van der Waals surface area contributed by atoms with Gasteiger partial charge in [-0.15, -0.1) is 11.8 Å². The molecule has 1 aromatic carbocycles. The van der Waals surface area contributed by atoms with Crippen molar-refractivity contribution in [2.24, 2.45) is 4.99 Å². The molecule has 0 saturated carbocycles. The van der Waals surface area contributed by atoms with E-state index in [0.29, 0.717) is 6.42 Å². The summed E-state index contributed by atoms with van der Waals surface area (Å²) in [7, 11) is -4.28. The highest BCUT2D eigenvalue weighted by atomic mass is 32.2. The normalized spacial score (nSPS) is 18.1. The molecule has 0 N–H and O–H groups in total. The van der Waals surface area contributed by atoms with Crippen LogP contribution in [0.15, 0.2) is 28.1 Å². The van der Waals surface area contributed by atoms with Crippen LogP contribution < -0.4 is 0 Å². The van der Waals surface area contributed by atoms with Crippen LogP contribution in [0.25, 0.3) is 0 Å². The molecule has 0 fully saturated rings. The Balaban J connectivity index is 2.37. The number of hydrogen-bond acceptors (Lipinski definition) is 5. The van der Waals surface area contributed by atoms with Gasteiger partial charge in [0.25, 0.3) is 0 Å². The van der Waals surface area contributed by atoms with Crippen LogP contribution in [0.2, 0.25) is 0 Å². The van der Waals surface area contributed by atoms with Gasteiger partial charge in [-0.05, 0) is 25.5 Å². The van der Waals surface area contributed by atoms with Gasteiger partial charge < -0.3 is 4.55 Å². The first kappa shape index (κ1) is 12.6. The van der Waals surface area contributed by atoms with Crippen molar-refractivity contribution in [2.75, 3.05) is 11.6 Å².